The highest BCUT2D eigenvalue weighted by Gasteiger charge is 2.46. The Balaban J connectivity index is 0.00000576. The first-order chi connectivity index (χ1) is 11.1. The maximum absolute atomic E-state index is 11.1. The fourth-order valence-electron chi connectivity index (χ4n) is 2.95. The van der Waals surface area contributed by atoms with Crippen molar-refractivity contribution in [3.8, 4) is 0 Å². The van der Waals surface area contributed by atoms with Crippen molar-refractivity contribution in [2.45, 2.75) is 44.4 Å². The van der Waals surface area contributed by atoms with E-state index < -0.39 is 73.2 Å². The van der Waals surface area contributed by atoms with E-state index in [-0.39, 0.29) is 19.0 Å². The Morgan fingerprint density at radius 2 is 1.40 bits per heavy atom. The highest BCUT2D eigenvalue weighted by molar-refractivity contribution is 5.85. The minimum atomic E-state index is -1.19. The van der Waals surface area contributed by atoms with E-state index in [2.05, 4.69) is 0 Å². The molecule has 10 nitrogen and oxygen atoms in total. The molecule has 0 radical (unpaired) electrons. The first-order valence-corrected chi connectivity index (χ1v) is 7.31. The lowest BCUT2D eigenvalue weighted by Crippen LogP contribution is -2.57. The van der Waals surface area contributed by atoms with E-state index in [9.17, 15) is 19.2 Å². The molecule has 1 rings (SSSR count). The third-order valence-electron chi connectivity index (χ3n) is 3.95. The summed E-state index contributed by atoms with van der Waals surface area (Å²) >= 11 is 0. The monoisotopic (exact) mass is 383 g/mol. The molecule has 5 atom stereocenters. The van der Waals surface area contributed by atoms with Gasteiger partial charge in [0, 0.05) is 18.9 Å². The van der Waals surface area contributed by atoms with Gasteiger partial charge >= 0.3 is 23.9 Å². The Hall–Kier alpha value is -1.91. The Morgan fingerprint density at radius 3 is 1.84 bits per heavy atom. The Bertz CT molecular complexity index is 497. The average Bonchev–Trinajstić information content (AvgIpc) is 2.42. The van der Waals surface area contributed by atoms with Crippen LogP contribution in [-0.4, -0.2) is 64.1 Å². The van der Waals surface area contributed by atoms with Gasteiger partial charge in [0.1, 0.15) is 6.61 Å². The van der Waals surface area contributed by atoms with E-state index in [4.69, 9.17) is 30.5 Å². The molecule has 1 aliphatic heterocycles. The number of halogens is 1. The van der Waals surface area contributed by atoms with Gasteiger partial charge < -0.3 is 30.5 Å². The van der Waals surface area contributed by atoms with E-state index in [1.807, 2.05) is 0 Å². The molecule has 1 saturated heterocycles. The molecular weight excluding hydrogens is 362 g/mol. The summed E-state index contributed by atoms with van der Waals surface area (Å²) in [7, 11) is 0. The minimum Gasteiger partial charge on any atom is -0.481 e. The van der Waals surface area contributed by atoms with Gasteiger partial charge in [-0.05, 0) is 5.92 Å². The number of carbonyl (C=O) groups is 4. The number of ether oxygens (including phenoxy) is 2. The predicted molar refractivity (Wildman–Crippen MR) is 84.3 cm³/mol. The zero-order chi connectivity index (χ0) is 18.4. The van der Waals surface area contributed by atoms with Gasteiger partial charge in [0.05, 0.1) is 31.5 Å². The molecule has 25 heavy (non-hydrogen) atoms. The molecular formula is C14H22ClNO9. The predicted octanol–water partition coefficient (Wildman–Crippen LogP) is -0.277. The lowest BCUT2D eigenvalue weighted by Gasteiger charge is -2.44. The lowest BCUT2D eigenvalue weighted by molar-refractivity contribution is -0.177. The van der Waals surface area contributed by atoms with Crippen molar-refractivity contribution in [1.29, 1.82) is 0 Å². The van der Waals surface area contributed by atoms with Crippen LogP contribution >= 0.6 is 12.4 Å². The molecule has 1 unspecified atom stereocenters. The van der Waals surface area contributed by atoms with Crippen molar-refractivity contribution >= 4 is 36.3 Å². The summed E-state index contributed by atoms with van der Waals surface area (Å²) in [5.74, 6) is -5.82. The van der Waals surface area contributed by atoms with Crippen molar-refractivity contribution < 1.29 is 44.0 Å². The van der Waals surface area contributed by atoms with Crippen LogP contribution in [0.2, 0.25) is 0 Å². The molecule has 1 fully saturated rings. The molecule has 0 saturated carbocycles. The zero-order valence-corrected chi connectivity index (χ0v) is 14.3. The zero-order valence-electron chi connectivity index (χ0n) is 13.5. The summed E-state index contributed by atoms with van der Waals surface area (Å²) in [5, 5.41) is 27.1. The molecule has 0 aromatic heterocycles. The second kappa shape index (κ2) is 10.2. The first-order valence-electron chi connectivity index (χ1n) is 7.31. The maximum Gasteiger partial charge on any atom is 0.306 e. The van der Waals surface area contributed by atoms with Crippen LogP contribution in [0.15, 0.2) is 0 Å². The largest absolute Gasteiger partial charge is 0.481 e. The number of hydrogen-bond acceptors (Lipinski definition) is 7. The van der Waals surface area contributed by atoms with Crippen LogP contribution in [-0.2, 0) is 28.7 Å². The summed E-state index contributed by atoms with van der Waals surface area (Å²) in [6.45, 7) is 0.858. The van der Waals surface area contributed by atoms with Gasteiger partial charge in [0.15, 0.2) is 0 Å². The van der Waals surface area contributed by atoms with E-state index in [0.717, 1.165) is 6.92 Å². The van der Waals surface area contributed by atoms with E-state index in [1.54, 1.807) is 0 Å². The van der Waals surface area contributed by atoms with Crippen LogP contribution in [0.3, 0.4) is 0 Å². The molecule has 144 valence electrons. The molecule has 5 N–H and O–H groups in total. The molecule has 0 aromatic carbocycles. The Morgan fingerprint density at radius 1 is 0.920 bits per heavy atom. The number of aliphatic carboxylic acids is 3. The van der Waals surface area contributed by atoms with Gasteiger partial charge in [-0.2, -0.15) is 0 Å². The second-order valence-electron chi connectivity index (χ2n) is 5.71. The summed E-state index contributed by atoms with van der Waals surface area (Å²) in [6.07, 6.45) is -3.28. The number of esters is 1. The highest BCUT2D eigenvalue weighted by Crippen LogP contribution is 2.36. The Labute approximate surface area is 149 Å². The van der Waals surface area contributed by atoms with Crippen LogP contribution in [0.1, 0.15) is 26.2 Å². The van der Waals surface area contributed by atoms with Gasteiger partial charge in [-0.25, -0.2) is 0 Å². The summed E-state index contributed by atoms with van der Waals surface area (Å²) in [4.78, 5) is 44.1. The summed E-state index contributed by atoms with van der Waals surface area (Å²) in [5.41, 5.74) is 5.95. The molecule has 0 aliphatic carbocycles. The third-order valence-corrected chi connectivity index (χ3v) is 3.95. The van der Waals surface area contributed by atoms with Crippen LogP contribution < -0.4 is 5.73 Å². The van der Waals surface area contributed by atoms with Crippen molar-refractivity contribution in [3.05, 3.63) is 0 Å². The highest BCUT2D eigenvalue weighted by atomic mass is 35.5. The number of carboxylic acid groups (broad SMARTS) is 3. The summed E-state index contributed by atoms with van der Waals surface area (Å²) < 4.78 is 10.4. The van der Waals surface area contributed by atoms with Crippen LogP contribution in [0.25, 0.3) is 0 Å². The molecule has 1 heterocycles. The third kappa shape index (κ3) is 7.24. The standard InChI is InChI=1S/C14H21NO9.ClH/c1-6(16)23-5-10-7(2-11(17)18)8(3-12(19)20)14(15)9(24-10)4-13(21)22;/h7-10,14H,2-5,15H2,1H3,(H,17,18)(H,19,20)(H,21,22);1H/t7-,8-,9?,10+,14-;/m1./s1. The van der Waals surface area contributed by atoms with Crippen molar-refractivity contribution in [1.82, 2.24) is 0 Å². The van der Waals surface area contributed by atoms with Gasteiger partial charge in [-0.15, -0.1) is 12.4 Å². The quantitative estimate of drug-likeness (QED) is 0.408. The number of nitrogens with two attached hydrogens (primary N) is 1. The second-order valence-corrected chi connectivity index (χ2v) is 5.71. The topological polar surface area (TPSA) is 173 Å². The van der Waals surface area contributed by atoms with Gasteiger partial charge in [-0.3, -0.25) is 19.2 Å². The van der Waals surface area contributed by atoms with Crippen LogP contribution in [0.4, 0.5) is 0 Å². The normalized spacial score (nSPS) is 28.5. The molecule has 1 aliphatic rings. The molecule has 0 amide bonds. The maximum atomic E-state index is 11.1. The minimum absolute atomic E-state index is 0. The fraction of sp³-hybridized carbons (Fsp3) is 0.714. The van der Waals surface area contributed by atoms with Crippen LogP contribution in [0.5, 0.6) is 0 Å². The first kappa shape index (κ1) is 23.1. The van der Waals surface area contributed by atoms with E-state index in [1.165, 1.54) is 0 Å². The van der Waals surface area contributed by atoms with E-state index in [0.29, 0.717) is 0 Å². The van der Waals surface area contributed by atoms with Crippen molar-refractivity contribution in [3.63, 3.8) is 0 Å². The molecule has 0 spiro atoms. The van der Waals surface area contributed by atoms with Gasteiger partial charge in [0.2, 0.25) is 0 Å². The fourth-order valence-corrected chi connectivity index (χ4v) is 2.95. The number of rotatable bonds is 8. The SMILES string of the molecule is CC(=O)OC[C@@H]1OC(CC(=O)O)[C@H](N)[C@H](CC(=O)O)[C@H]1CC(=O)O.Cl. The van der Waals surface area contributed by atoms with Gasteiger partial charge in [-0.1, -0.05) is 0 Å². The molecule has 11 heteroatoms. The number of hydrogen-bond donors (Lipinski definition) is 4. The van der Waals surface area contributed by atoms with E-state index >= 15 is 0 Å². The van der Waals surface area contributed by atoms with Crippen molar-refractivity contribution in [2.75, 3.05) is 6.61 Å². The Kier molecular flexibility index (Phi) is 9.39. The smallest absolute Gasteiger partial charge is 0.306 e. The molecule has 0 bridgehead atoms. The van der Waals surface area contributed by atoms with Crippen LogP contribution in [0, 0.1) is 11.8 Å². The summed E-state index contributed by atoms with van der Waals surface area (Å²) in [6, 6.07) is -0.963. The number of carboxylic acids is 3. The molecule has 0 aromatic rings. The van der Waals surface area contributed by atoms with Crippen molar-refractivity contribution in [2.24, 2.45) is 17.6 Å². The van der Waals surface area contributed by atoms with Gasteiger partial charge in [0.25, 0.3) is 0 Å². The average molecular weight is 384 g/mol. The lowest BCUT2D eigenvalue weighted by atomic mass is 9.74. The number of carbonyl (C=O) groups excluding carboxylic acids is 1.